The fourth-order valence-corrected chi connectivity index (χ4v) is 1.91. The monoisotopic (exact) mass is 308 g/mol. The van der Waals surface area contributed by atoms with Gasteiger partial charge in [0.25, 0.3) is 0 Å². The zero-order valence-corrected chi connectivity index (χ0v) is 12.1. The molecule has 0 spiro atoms. The van der Waals surface area contributed by atoms with Crippen molar-refractivity contribution in [2.45, 2.75) is 5.16 Å². The third-order valence-electron chi connectivity index (χ3n) is 2.46. The first kappa shape index (κ1) is 14.9. The predicted octanol–water partition coefficient (Wildman–Crippen LogP) is 2.49. The number of hydrogen-bond acceptors (Lipinski definition) is 8. The third kappa shape index (κ3) is 3.51. The maximum absolute atomic E-state index is 11.1. The van der Waals surface area contributed by atoms with Gasteiger partial charge in [-0.05, 0) is 18.4 Å². The second-order valence-electron chi connectivity index (χ2n) is 3.81. The molecule has 9 heteroatoms. The van der Waals surface area contributed by atoms with E-state index in [9.17, 15) is 10.1 Å². The molecule has 0 atom stereocenters. The average Bonchev–Trinajstić information content (AvgIpc) is 2.46. The van der Waals surface area contributed by atoms with E-state index in [4.69, 9.17) is 15.2 Å². The molecular weight excluding hydrogens is 296 g/mol. The van der Waals surface area contributed by atoms with Crippen LogP contribution >= 0.6 is 11.8 Å². The van der Waals surface area contributed by atoms with Crippen molar-refractivity contribution in [2.75, 3.05) is 19.1 Å². The molecule has 0 fully saturated rings. The lowest BCUT2D eigenvalue weighted by Gasteiger charge is -2.08. The average molecular weight is 308 g/mol. The number of nitrogen functional groups attached to an aromatic ring is 1. The van der Waals surface area contributed by atoms with E-state index in [0.717, 1.165) is 0 Å². The predicted molar refractivity (Wildman–Crippen MR) is 77.9 cm³/mol. The van der Waals surface area contributed by atoms with Crippen LogP contribution in [0.2, 0.25) is 0 Å². The van der Waals surface area contributed by atoms with Crippen LogP contribution in [0.15, 0.2) is 29.4 Å². The van der Waals surface area contributed by atoms with Gasteiger partial charge >= 0.3 is 5.69 Å². The molecule has 0 saturated heterocycles. The molecule has 2 N–H and O–H groups in total. The fraction of sp³-hybridized carbons (Fsp3) is 0.167. The molecule has 0 bridgehead atoms. The lowest BCUT2D eigenvalue weighted by molar-refractivity contribution is -0.385. The zero-order valence-electron chi connectivity index (χ0n) is 11.3. The van der Waals surface area contributed by atoms with Crippen LogP contribution in [0.4, 0.5) is 11.5 Å². The summed E-state index contributed by atoms with van der Waals surface area (Å²) in [5, 5.41) is 11.5. The number of methoxy groups -OCH3 is 1. The molecule has 0 aliphatic rings. The maximum atomic E-state index is 11.1. The lowest BCUT2D eigenvalue weighted by atomic mass is 10.3. The van der Waals surface area contributed by atoms with E-state index in [1.165, 1.54) is 37.1 Å². The van der Waals surface area contributed by atoms with E-state index in [1.54, 1.807) is 12.3 Å². The minimum Gasteiger partial charge on any atom is -0.496 e. The van der Waals surface area contributed by atoms with E-state index in [1.807, 2.05) is 0 Å². The standard InChI is InChI=1S/C12H12N4O4S/c1-19-7-3-4-9(8(5-7)16(17)18)20-11-6-10(13)14-12(15-11)21-2/h3-6H,1-2H3,(H2,13,14,15). The fourth-order valence-electron chi connectivity index (χ4n) is 1.53. The Labute approximate surface area is 124 Å². The van der Waals surface area contributed by atoms with E-state index in [-0.39, 0.29) is 23.1 Å². The minimum absolute atomic E-state index is 0.0472. The molecule has 0 aliphatic carbocycles. The molecule has 1 aromatic heterocycles. The number of nitrogens with zero attached hydrogens (tertiary/aromatic N) is 3. The van der Waals surface area contributed by atoms with Crippen LogP contribution in [0.3, 0.4) is 0 Å². The summed E-state index contributed by atoms with van der Waals surface area (Å²) in [4.78, 5) is 18.6. The Hall–Kier alpha value is -2.55. The number of nitrogens with two attached hydrogens (primary N) is 1. The largest absolute Gasteiger partial charge is 0.496 e. The summed E-state index contributed by atoms with van der Waals surface area (Å²) in [5.41, 5.74) is 5.41. The van der Waals surface area contributed by atoms with Crippen molar-refractivity contribution in [1.82, 2.24) is 9.97 Å². The molecule has 0 aliphatic heterocycles. The Kier molecular flexibility index (Phi) is 4.43. The van der Waals surface area contributed by atoms with Crippen LogP contribution in [0.1, 0.15) is 0 Å². The Morgan fingerprint density at radius 1 is 1.33 bits per heavy atom. The molecule has 0 radical (unpaired) electrons. The van der Waals surface area contributed by atoms with Gasteiger partial charge in [-0.25, -0.2) is 4.98 Å². The molecule has 1 aromatic carbocycles. The Morgan fingerprint density at radius 3 is 2.71 bits per heavy atom. The molecule has 2 rings (SSSR count). The number of nitro groups is 1. The molecule has 0 unspecified atom stereocenters. The van der Waals surface area contributed by atoms with Gasteiger partial charge in [0.15, 0.2) is 5.16 Å². The maximum Gasteiger partial charge on any atom is 0.315 e. The summed E-state index contributed by atoms with van der Waals surface area (Å²) in [7, 11) is 1.43. The molecule has 8 nitrogen and oxygen atoms in total. The number of anilines is 1. The second kappa shape index (κ2) is 6.27. The summed E-state index contributed by atoms with van der Waals surface area (Å²) >= 11 is 1.29. The number of hydrogen-bond donors (Lipinski definition) is 1. The Balaban J connectivity index is 2.39. The highest BCUT2D eigenvalue weighted by Crippen LogP contribution is 2.34. The molecular formula is C12H12N4O4S. The Morgan fingerprint density at radius 2 is 2.10 bits per heavy atom. The highest BCUT2D eigenvalue weighted by atomic mass is 32.2. The van der Waals surface area contributed by atoms with E-state index in [0.29, 0.717) is 10.9 Å². The molecule has 2 aromatic rings. The van der Waals surface area contributed by atoms with Gasteiger partial charge in [-0.15, -0.1) is 0 Å². The van der Waals surface area contributed by atoms with Crippen molar-refractivity contribution in [3.8, 4) is 17.4 Å². The van der Waals surface area contributed by atoms with Crippen molar-refractivity contribution >= 4 is 23.3 Å². The SMILES string of the molecule is COc1ccc(Oc2cc(N)nc(SC)n2)c([N+](=O)[O-])c1. The van der Waals surface area contributed by atoms with E-state index >= 15 is 0 Å². The van der Waals surface area contributed by atoms with Crippen molar-refractivity contribution < 1.29 is 14.4 Å². The van der Waals surface area contributed by atoms with Gasteiger partial charge in [0, 0.05) is 6.07 Å². The Bertz CT molecular complexity index is 680. The highest BCUT2D eigenvalue weighted by molar-refractivity contribution is 7.98. The second-order valence-corrected chi connectivity index (χ2v) is 4.58. The van der Waals surface area contributed by atoms with Crippen molar-refractivity contribution in [3.05, 3.63) is 34.4 Å². The first-order chi connectivity index (χ1) is 10.0. The molecule has 0 amide bonds. The van der Waals surface area contributed by atoms with Gasteiger partial charge in [0.2, 0.25) is 11.6 Å². The highest BCUT2D eigenvalue weighted by Gasteiger charge is 2.18. The number of thioether (sulfide) groups is 1. The van der Waals surface area contributed by atoms with Crippen LogP contribution in [-0.4, -0.2) is 28.3 Å². The van der Waals surface area contributed by atoms with Crippen LogP contribution in [0.25, 0.3) is 0 Å². The van der Waals surface area contributed by atoms with Gasteiger partial charge in [-0.3, -0.25) is 10.1 Å². The van der Waals surface area contributed by atoms with Gasteiger partial charge in [0.05, 0.1) is 18.1 Å². The lowest BCUT2D eigenvalue weighted by Crippen LogP contribution is -1.99. The van der Waals surface area contributed by atoms with Crippen molar-refractivity contribution in [3.63, 3.8) is 0 Å². The number of nitro benzene ring substituents is 1. The van der Waals surface area contributed by atoms with Gasteiger partial charge in [-0.1, -0.05) is 11.8 Å². The summed E-state index contributed by atoms with van der Waals surface area (Å²) in [6.45, 7) is 0. The number of rotatable bonds is 5. The van der Waals surface area contributed by atoms with Crippen LogP contribution in [0, 0.1) is 10.1 Å². The minimum atomic E-state index is -0.558. The smallest absolute Gasteiger partial charge is 0.315 e. The topological polar surface area (TPSA) is 113 Å². The van der Waals surface area contributed by atoms with Crippen LogP contribution < -0.4 is 15.2 Å². The first-order valence-corrected chi connectivity index (χ1v) is 6.94. The van der Waals surface area contributed by atoms with E-state index < -0.39 is 4.92 Å². The number of ether oxygens (including phenoxy) is 2. The normalized spacial score (nSPS) is 10.2. The van der Waals surface area contributed by atoms with Gasteiger partial charge in [-0.2, -0.15) is 4.98 Å². The quantitative estimate of drug-likeness (QED) is 0.388. The van der Waals surface area contributed by atoms with Gasteiger partial charge < -0.3 is 15.2 Å². The summed E-state index contributed by atoms with van der Waals surface area (Å²) in [5.74, 6) is 0.771. The first-order valence-electron chi connectivity index (χ1n) is 5.72. The number of aromatic nitrogens is 2. The molecule has 1 heterocycles. The van der Waals surface area contributed by atoms with Crippen LogP contribution in [-0.2, 0) is 0 Å². The number of benzene rings is 1. The molecule has 110 valence electrons. The van der Waals surface area contributed by atoms with Crippen LogP contribution in [0.5, 0.6) is 17.4 Å². The summed E-state index contributed by atoms with van der Waals surface area (Å²) < 4.78 is 10.4. The van der Waals surface area contributed by atoms with Crippen molar-refractivity contribution in [1.29, 1.82) is 0 Å². The summed E-state index contributed by atoms with van der Waals surface area (Å²) in [6.07, 6.45) is 1.79. The van der Waals surface area contributed by atoms with Crippen molar-refractivity contribution in [2.24, 2.45) is 0 Å². The zero-order chi connectivity index (χ0) is 15.4. The van der Waals surface area contributed by atoms with Gasteiger partial charge in [0.1, 0.15) is 11.6 Å². The molecule has 21 heavy (non-hydrogen) atoms. The third-order valence-corrected chi connectivity index (χ3v) is 3.01. The van der Waals surface area contributed by atoms with E-state index in [2.05, 4.69) is 9.97 Å². The molecule has 0 saturated carbocycles. The summed E-state index contributed by atoms with van der Waals surface area (Å²) in [6, 6.07) is 5.67.